The summed E-state index contributed by atoms with van der Waals surface area (Å²) < 4.78 is 15.4. The topological polar surface area (TPSA) is 102 Å². The molecule has 0 radical (unpaired) electrons. The first-order valence-electron chi connectivity index (χ1n) is 6.92. The highest BCUT2D eigenvalue weighted by Gasteiger charge is 2.48. The number of carbonyl (C=O) groups is 2. The summed E-state index contributed by atoms with van der Waals surface area (Å²) in [5, 5.41) is 20.4. The lowest BCUT2D eigenvalue weighted by Crippen LogP contribution is -2.48. The minimum atomic E-state index is -1.34. The van der Waals surface area contributed by atoms with Crippen molar-refractivity contribution in [1.82, 2.24) is 0 Å². The van der Waals surface area contributed by atoms with Gasteiger partial charge in [0.25, 0.3) is 0 Å². The Hall–Kier alpha value is -1.18. The third kappa shape index (κ3) is 4.94. The van der Waals surface area contributed by atoms with Crippen molar-refractivity contribution in [1.29, 1.82) is 0 Å². The molecule has 122 valence electrons. The van der Waals surface area contributed by atoms with Crippen molar-refractivity contribution in [3.05, 3.63) is 0 Å². The molecule has 1 aliphatic rings. The van der Waals surface area contributed by atoms with Gasteiger partial charge in [-0.25, -0.2) is 0 Å². The molecule has 0 bridgehead atoms. The molecule has 7 heteroatoms. The first-order chi connectivity index (χ1) is 9.57. The molecule has 2 N–H and O–H groups in total. The van der Waals surface area contributed by atoms with Gasteiger partial charge in [0.1, 0.15) is 24.9 Å². The lowest BCUT2D eigenvalue weighted by atomic mass is 9.93. The predicted molar refractivity (Wildman–Crippen MR) is 72.4 cm³/mol. The summed E-state index contributed by atoms with van der Waals surface area (Å²) in [7, 11) is 0. The second kappa shape index (κ2) is 6.72. The molecule has 0 aliphatic carbocycles. The zero-order valence-corrected chi connectivity index (χ0v) is 12.9. The van der Waals surface area contributed by atoms with Gasteiger partial charge in [0.15, 0.2) is 0 Å². The van der Waals surface area contributed by atoms with Crippen LogP contribution in [0.15, 0.2) is 0 Å². The summed E-state index contributed by atoms with van der Waals surface area (Å²) in [5.74, 6) is -0.958. The smallest absolute Gasteiger partial charge is 0.302 e. The summed E-state index contributed by atoms with van der Waals surface area (Å²) >= 11 is 0. The molecule has 1 fully saturated rings. The molecule has 0 spiro atoms. The van der Waals surface area contributed by atoms with Crippen LogP contribution in [0.3, 0.4) is 0 Å². The van der Waals surface area contributed by atoms with Gasteiger partial charge in [-0.15, -0.1) is 0 Å². The molecule has 7 nitrogen and oxygen atoms in total. The van der Waals surface area contributed by atoms with Crippen molar-refractivity contribution in [3.8, 4) is 0 Å². The standard InChI is InChI=1S/C14H24O7/c1-9(15)19-7-11(17)14(4)6-5-12(21-14)13(3,18)8-20-10(2)16/h11-12,17-18H,5-8H2,1-4H3/t11-,12+,13+,14-/m0/s1. The number of hydrogen-bond donors (Lipinski definition) is 2. The minimum Gasteiger partial charge on any atom is -0.463 e. The highest BCUT2D eigenvalue weighted by Crippen LogP contribution is 2.37. The number of hydrogen-bond acceptors (Lipinski definition) is 7. The van der Waals surface area contributed by atoms with Crippen LogP contribution in [0.25, 0.3) is 0 Å². The monoisotopic (exact) mass is 304 g/mol. The lowest BCUT2D eigenvalue weighted by Gasteiger charge is -2.34. The third-order valence-electron chi connectivity index (χ3n) is 3.73. The Kier molecular flexibility index (Phi) is 5.72. The maximum atomic E-state index is 10.8. The molecule has 0 aromatic carbocycles. The SMILES string of the molecule is CC(=O)OC[C@H](O)[C@]1(C)CC[C@H]([C@](C)(O)COC(C)=O)O1. The van der Waals surface area contributed by atoms with Crippen LogP contribution < -0.4 is 0 Å². The van der Waals surface area contributed by atoms with Crippen molar-refractivity contribution in [2.24, 2.45) is 0 Å². The van der Waals surface area contributed by atoms with E-state index in [-0.39, 0.29) is 13.2 Å². The largest absolute Gasteiger partial charge is 0.463 e. The van der Waals surface area contributed by atoms with Gasteiger partial charge in [-0.1, -0.05) is 0 Å². The van der Waals surface area contributed by atoms with Gasteiger partial charge in [-0.2, -0.15) is 0 Å². The highest BCUT2D eigenvalue weighted by molar-refractivity contribution is 5.66. The van der Waals surface area contributed by atoms with Crippen molar-refractivity contribution in [2.75, 3.05) is 13.2 Å². The predicted octanol–water partition coefficient (Wildman–Crippen LogP) is 0.162. The molecule has 1 rings (SSSR count). The maximum absolute atomic E-state index is 10.8. The fourth-order valence-electron chi connectivity index (χ4n) is 2.26. The molecule has 0 aromatic rings. The van der Waals surface area contributed by atoms with Gasteiger partial charge >= 0.3 is 11.9 Å². The van der Waals surface area contributed by atoms with E-state index in [0.29, 0.717) is 12.8 Å². The van der Waals surface area contributed by atoms with Crippen molar-refractivity contribution in [3.63, 3.8) is 0 Å². The zero-order valence-electron chi connectivity index (χ0n) is 12.9. The Bertz CT molecular complexity index is 393. The second-order valence-corrected chi connectivity index (χ2v) is 5.91. The molecular weight excluding hydrogens is 280 g/mol. The Morgan fingerprint density at radius 1 is 1.38 bits per heavy atom. The number of ether oxygens (including phenoxy) is 3. The molecule has 1 aliphatic heterocycles. The molecule has 4 atom stereocenters. The molecule has 0 aromatic heterocycles. The Morgan fingerprint density at radius 2 is 1.95 bits per heavy atom. The second-order valence-electron chi connectivity index (χ2n) is 5.91. The van der Waals surface area contributed by atoms with E-state index < -0.39 is 35.3 Å². The summed E-state index contributed by atoms with van der Waals surface area (Å²) in [6.07, 6.45) is -0.567. The van der Waals surface area contributed by atoms with Gasteiger partial charge in [-0.3, -0.25) is 9.59 Å². The van der Waals surface area contributed by atoms with Gasteiger partial charge in [0.2, 0.25) is 0 Å². The Morgan fingerprint density at radius 3 is 2.48 bits per heavy atom. The van der Waals surface area contributed by atoms with Gasteiger partial charge in [-0.05, 0) is 26.7 Å². The summed E-state index contributed by atoms with van der Waals surface area (Å²) in [6.45, 7) is 5.40. The first-order valence-corrected chi connectivity index (χ1v) is 6.92. The van der Waals surface area contributed by atoms with Crippen LogP contribution in [0, 0.1) is 0 Å². The van der Waals surface area contributed by atoms with Gasteiger partial charge in [0, 0.05) is 13.8 Å². The van der Waals surface area contributed by atoms with E-state index >= 15 is 0 Å². The average molecular weight is 304 g/mol. The van der Waals surface area contributed by atoms with Crippen LogP contribution in [-0.4, -0.2) is 58.8 Å². The lowest BCUT2D eigenvalue weighted by molar-refractivity contribution is -0.186. The van der Waals surface area contributed by atoms with Crippen molar-refractivity contribution >= 4 is 11.9 Å². The highest BCUT2D eigenvalue weighted by atomic mass is 16.6. The quantitative estimate of drug-likeness (QED) is 0.674. The van der Waals surface area contributed by atoms with E-state index in [1.807, 2.05) is 0 Å². The molecule has 0 unspecified atom stereocenters. The average Bonchev–Trinajstić information content (AvgIpc) is 2.78. The first kappa shape index (κ1) is 17.9. The maximum Gasteiger partial charge on any atom is 0.302 e. The Balaban J connectivity index is 2.60. The number of rotatable bonds is 6. The van der Waals surface area contributed by atoms with Crippen LogP contribution in [0.1, 0.15) is 40.5 Å². The summed E-state index contributed by atoms with van der Waals surface area (Å²) in [5.41, 5.74) is -2.26. The summed E-state index contributed by atoms with van der Waals surface area (Å²) in [6, 6.07) is 0. The van der Waals surface area contributed by atoms with E-state index in [2.05, 4.69) is 0 Å². The van der Waals surface area contributed by atoms with Crippen LogP contribution >= 0.6 is 0 Å². The van der Waals surface area contributed by atoms with Crippen LogP contribution in [0.5, 0.6) is 0 Å². The molecule has 0 saturated carbocycles. The fourth-order valence-corrected chi connectivity index (χ4v) is 2.26. The van der Waals surface area contributed by atoms with E-state index in [0.717, 1.165) is 0 Å². The summed E-state index contributed by atoms with van der Waals surface area (Å²) in [4.78, 5) is 21.6. The van der Waals surface area contributed by atoms with Crippen molar-refractivity contribution in [2.45, 2.75) is 63.9 Å². The third-order valence-corrected chi connectivity index (χ3v) is 3.73. The Labute approximate surface area is 124 Å². The normalized spacial score (nSPS) is 29.5. The van der Waals surface area contributed by atoms with Crippen LogP contribution in [-0.2, 0) is 23.8 Å². The minimum absolute atomic E-state index is 0.162. The number of carbonyl (C=O) groups excluding carboxylic acids is 2. The molecular formula is C14H24O7. The van der Waals surface area contributed by atoms with Gasteiger partial charge in [0.05, 0.1) is 11.7 Å². The number of aliphatic hydroxyl groups is 2. The van der Waals surface area contributed by atoms with Crippen molar-refractivity contribution < 1.29 is 34.0 Å². The van der Waals surface area contributed by atoms with E-state index in [9.17, 15) is 19.8 Å². The van der Waals surface area contributed by atoms with Crippen LogP contribution in [0.2, 0.25) is 0 Å². The fraction of sp³-hybridized carbons (Fsp3) is 0.857. The number of aliphatic hydroxyl groups excluding tert-OH is 1. The molecule has 1 heterocycles. The molecule has 21 heavy (non-hydrogen) atoms. The number of esters is 2. The van der Waals surface area contributed by atoms with Crippen LogP contribution in [0.4, 0.5) is 0 Å². The van der Waals surface area contributed by atoms with E-state index in [4.69, 9.17) is 14.2 Å². The van der Waals surface area contributed by atoms with Gasteiger partial charge < -0.3 is 24.4 Å². The zero-order chi connectivity index (χ0) is 16.3. The molecule has 0 amide bonds. The van der Waals surface area contributed by atoms with E-state index in [1.165, 1.54) is 20.8 Å². The molecule has 1 saturated heterocycles. The van der Waals surface area contributed by atoms with E-state index in [1.54, 1.807) is 6.92 Å².